The Bertz CT molecular complexity index is 647. The Morgan fingerprint density at radius 3 is 2.96 bits per heavy atom. The molecule has 8 heteroatoms. The highest BCUT2D eigenvalue weighted by atomic mass is 127. The number of carbonyl (C=O) groups excluding carboxylic acids is 1. The fraction of sp³-hybridized carbons (Fsp3) is 0.722. The number of nitrogens with zero attached hydrogens (tertiary/aromatic N) is 3. The Labute approximate surface area is 177 Å². The third-order valence-corrected chi connectivity index (χ3v) is 6.29. The van der Waals surface area contributed by atoms with Crippen LogP contribution in [0.3, 0.4) is 0 Å². The monoisotopic (exact) mass is 491 g/mol. The molecule has 1 unspecified atom stereocenters. The maximum atomic E-state index is 11.7. The van der Waals surface area contributed by atoms with Crippen LogP contribution in [0.2, 0.25) is 0 Å². The van der Waals surface area contributed by atoms with Gasteiger partial charge in [-0.2, -0.15) is 0 Å². The molecule has 2 fully saturated rings. The first-order valence-electron chi connectivity index (χ1n) is 9.18. The van der Waals surface area contributed by atoms with Gasteiger partial charge in [-0.25, -0.2) is 4.98 Å². The third-order valence-electron chi connectivity index (χ3n) is 5.10. The average Bonchev–Trinajstić information content (AvgIpc) is 3.19. The van der Waals surface area contributed by atoms with Crippen LogP contribution < -0.4 is 10.6 Å². The van der Waals surface area contributed by atoms with Crippen LogP contribution >= 0.6 is 35.3 Å². The number of amides is 1. The lowest BCUT2D eigenvalue weighted by atomic mass is 9.79. The van der Waals surface area contributed by atoms with E-state index < -0.39 is 0 Å². The second-order valence-electron chi connectivity index (χ2n) is 7.53. The molecule has 0 radical (unpaired) electrons. The molecule has 3 rings (SSSR count). The van der Waals surface area contributed by atoms with E-state index in [2.05, 4.69) is 39.8 Å². The Kier molecular flexibility index (Phi) is 7.69. The van der Waals surface area contributed by atoms with Gasteiger partial charge in [0.2, 0.25) is 5.91 Å². The number of likely N-dealkylation sites (tertiary alicyclic amines) is 1. The first-order valence-corrected chi connectivity index (χ1v) is 10.1. The normalized spacial score (nSPS) is 23.3. The van der Waals surface area contributed by atoms with Gasteiger partial charge in [-0.05, 0) is 12.8 Å². The van der Waals surface area contributed by atoms with Crippen molar-refractivity contribution in [2.75, 3.05) is 33.2 Å². The van der Waals surface area contributed by atoms with Crippen LogP contribution in [0.25, 0.3) is 0 Å². The predicted molar refractivity (Wildman–Crippen MR) is 118 cm³/mol. The van der Waals surface area contributed by atoms with Gasteiger partial charge < -0.3 is 15.5 Å². The maximum absolute atomic E-state index is 11.7. The highest BCUT2D eigenvalue weighted by molar-refractivity contribution is 14.0. The summed E-state index contributed by atoms with van der Waals surface area (Å²) in [6.45, 7) is 7.89. The molecule has 6 nitrogen and oxygen atoms in total. The zero-order chi connectivity index (χ0) is 17.9. The lowest BCUT2D eigenvalue weighted by molar-refractivity contribution is -0.119. The lowest BCUT2D eigenvalue weighted by Crippen LogP contribution is -2.51. The number of thiazole rings is 1. The standard InChI is InChI=1S/C18H29N5OS.HI/c1-13(2)16-22-14(10-25-16)5-7-20-17(19-3)23-8-4-6-18(12-23)9-15(24)21-11-18;/h10,13H,4-9,11-12H2,1-3H3,(H,19,20)(H,21,24);1H. The summed E-state index contributed by atoms with van der Waals surface area (Å²) >= 11 is 1.74. The zero-order valence-electron chi connectivity index (χ0n) is 15.9. The topological polar surface area (TPSA) is 69.6 Å². The van der Waals surface area contributed by atoms with Crippen molar-refractivity contribution in [3.8, 4) is 0 Å². The summed E-state index contributed by atoms with van der Waals surface area (Å²) in [6.07, 6.45) is 3.79. The minimum Gasteiger partial charge on any atom is -0.356 e. The number of carbonyl (C=O) groups is 1. The van der Waals surface area contributed by atoms with Crippen LogP contribution in [0, 0.1) is 5.41 Å². The van der Waals surface area contributed by atoms with Crippen LogP contribution in [0.4, 0.5) is 0 Å². The molecule has 0 aliphatic carbocycles. The van der Waals surface area contributed by atoms with Gasteiger partial charge in [-0.15, -0.1) is 35.3 Å². The molecule has 0 aromatic carbocycles. The minimum absolute atomic E-state index is 0. The van der Waals surface area contributed by atoms with Crippen LogP contribution in [0.1, 0.15) is 49.7 Å². The summed E-state index contributed by atoms with van der Waals surface area (Å²) in [5, 5.41) is 9.84. The molecule has 2 N–H and O–H groups in total. The van der Waals surface area contributed by atoms with Gasteiger partial charge in [0.1, 0.15) is 0 Å². The smallest absolute Gasteiger partial charge is 0.220 e. The Morgan fingerprint density at radius 1 is 1.54 bits per heavy atom. The molecular formula is C18H30IN5OS. The summed E-state index contributed by atoms with van der Waals surface area (Å²) in [7, 11) is 1.83. The van der Waals surface area contributed by atoms with Crippen molar-refractivity contribution in [3.05, 3.63) is 16.1 Å². The quantitative estimate of drug-likeness (QED) is 0.386. The van der Waals surface area contributed by atoms with Gasteiger partial charge in [0.15, 0.2) is 5.96 Å². The molecule has 2 aliphatic heterocycles. The molecule has 2 saturated heterocycles. The van der Waals surface area contributed by atoms with Gasteiger partial charge in [0.05, 0.1) is 10.7 Å². The number of nitrogens with one attached hydrogen (secondary N) is 2. The fourth-order valence-corrected chi connectivity index (χ4v) is 4.64. The van der Waals surface area contributed by atoms with Gasteiger partial charge in [-0.3, -0.25) is 9.79 Å². The van der Waals surface area contributed by atoms with E-state index in [-0.39, 0.29) is 35.3 Å². The SMILES string of the molecule is CN=C(NCCc1csc(C(C)C)n1)N1CCCC2(CNC(=O)C2)C1.I. The van der Waals surface area contributed by atoms with Crippen molar-refractivity contribution in [2.45, 2.75) is 45.4 Å². The molecule has 1 spiro atoms. The number of hydrogen-bond donors (Lipinski definition) is 2. The Morgan fingerprint density at radius 2 is 2.35 bits per heavy atom. The van der Waals surface area contributed by atoms with Gasteiger partial charge in [-0.1, -0.05) is 13.8 Å². The van der Waals surface area contributed by atoms with Crippen molar-refractivity contribution in [1.29, 1.82) is 0 Å². The van der Waals surface area contributed by atoms with Crippen molar-refractivity contribution >= 4 is 47.2 Å². The minimum atomic E-state index is 0. The second-order valence-corrected chi connectivity index (χ2v) is 8.42. The number of rotatable bonds is 4. The highest BCUT2D eigenvalue weighted by Crippen LogP contribution is 2.35. The lowest BCUT2D eigenvalue weighted by Gasteiger charge is -2.40. The van der Waals surface area contributed by atoms with Crippen molar-refractivity contribution < 1.29 is 4.79 Å². The number of guanidine groups is 1. The maximum Gasteiger partial charge on any atom is 0.220 e. The average molecular weight is 491 g/mol. The van der Waals surface area contributed by atoms with E-state index >= 15 is 0 Å². The largest absolute Gasteiger partial charge is 0.356 e. The first-order chi connectivity index (χ1) is 12.0. The van der Waals surface area contributed by atoms with E-state index in [1.54, 1.807) is 11.3 Å². The van der Waals surface area contributed by atoms with E-state index in [0.717, 1.165) is 57.1 Å². The van der Waals surface area contributed by atoms with Crippen molar-refractivity contribution in [1.82, 2.24) is 20.5 Å². The molecule has 2 aliphatic rings. The molecule has 26 heavy (non-hydrogen) atoms. The summed E-state index contributed by atoms with van der Waals surface area (Å²) < 4.78 is 0. The summed E-state index contributed by atoms with van der Waals surface area (Å²) in [5.74, 6) is 1.62. The zero-order valence-corrected chi connectivity index (χ0v) is 19.0. The molecule has 1 aromatic rings. The van der Waals surface area contributed by atoms with Crippen LogP contribution in [0.15, 0.2) is 10.4 Å². The Hall–Kier alpha value is -0.900. The Balaban J connectivity index is 0.00000243. The molecule has 0 saturated carbocycles. The van der Waals surface area contributed by atoms with Crippen LogP contribution in [0.5, 0.6) is 0 Å². The first kappa shape index (κ1) is 21.4. The van der Waals surface area contributed by atoms with E-state index in [1.807, 2.05) is 7.05 Å². The van der Waals surface area contributed by atoms with E-state index in [4.69, 9.17) is 4.98 Å². The molecule has 0 bridgehead atoms. The summed E-state index contributed by atoms with van der Waals surface area (Å²) in [5.41, 5.74) is 1.24. The van der Waals surface area contributed by atoms with Crippen LogP contribution in [-0.2, 0) is 11.2 Å². The molecule has 3 heterocycles. The molecule has 1 aromatic heterocycles. The van der Waals surface area contributed by atoms with Gasteiger partial charge in [0, 0.05) is 62.8 Å². The third kappa shape index (κ3) is 5.09. The fourth-order valence-electron chi connectivity index (χ4n) is 3.77. The van der Waals surface area contributed by atoms with E-state index in [1.165, 1.54) is 5.01 Å². The van der Waals surface area contributed by atoms with Crippen molar-refractivity contribution in [3.63, 3.8) is 0 Å². The van der Waals surface area contributed by atoms with Crippen molar-refractivity contribution in [2.24, 2.45) is 10.4 Å². The van der Waals surface area contributed by atoms with Gasteiger partial charge in [0.25, 0.3) is 0 Å². The molecule has 146 valence electrons. The van der Waals surface area contributed by atoms with E-state index in [0.29, 0.717) is 12.3 Å². The number of piperidine rings is 1. The van der Waals surface area contributed by atoms with Gasteiger partial charge >= 0.3 is 0 Å². The molecule has 1 atom stereocenters. The number of halogens is 1. The molecular weight excluding hydrogens is 461 g/mol. The van der Waals surface area contributed by atoms with E-state index in [9.17, 15) is 4.79 Å². The predicted octanol–water partition coefficient (Wildman–Crippen LogP) is 2.60. The highest BCUT2D eigenvalue weighted by Gasteiger charge is 2.42. The second kappa shape index (κ2) is 9.34. The molecule has 1 amide bonds. The number of hydrogen-bond acceptors (Lipinski definition) is 4. The van der Waals surface area contributed by atoms with Crippen LogP contribution in [-0.4, -0.2) is 55.0 Å². The number of aliphatic imine (C=N–C) groups is 1. The summed E-state index contributed by atoms with van der Waals surface area (Å²) in [6, 6.07) is 0. The summed E-state index contributed by atoms with van der Waals surface area (Å²) in [4.78, 5) is 23.1. The number of aromatic nitrogens is 1.